The average molecular weight is 281 g/mol. The van der Waals surface area contributed by atoms with Gasteiger partial charge >= 0.3 is 0 Å². The Bertz CT molecular complexity index is 668. The third-order valence-corrected chi connectivity index (χ3v) is 3.39. The zero-order valence-electron chi connectivity index (χ0n) is 12.1. The van der Waals surface area contributed by atoms with Crippen molar-refractivity contribution in [1.29, 1.82) is 0 Å². The van der Waals surface area contributed by atoms with Gasteiger partial charge in [0, 0.05) is 36.7 Å². The molecule has 21 heavy (non-hydrogen) atoms. The first-order chi connectivity index (χ1) is 10.3. The smallest absolute Gasteiger partial charge is 0.181 e. The molecule has 0 aliphatic carbocycles. The number of benzene rings is 1. The molecule has 0 fully saturated rings. The molecule has 1 N–H and O–H groups in total. The number of nitrogens with zero attached hydrogens (tertiary/aromatic N) is 2. The van der Waals surface area contributed by atoms with E-state index in [1.807, 2.05) is 12.1 Å². The van der Waals surface area contributed by atoms with Crippen molar-refractivity contribution in [2.45, 2.75) is 26.4 Å². The molecule has 0 amide bonds. The molecule has 0 radical (unpaired) electrons. The van der Waals surface area contributed by atoms with Crippen LogP contribution in [0.3, 0.4) is 0 Å². The van der Waals surface area contributed by atoms with Gasteiger partial charge in [0.1, 0.15) is 0 Å². The Morgan fingerprint density at radius 1 is 1.19 bits per heavy atom. The number of rotatable bonds is 6. The summed E-state index contributed by atoms with van der Waals surface area (Å²) in [7, 11) is 0. The summed E-state index contributed by atoms with van der Waals surface area (Å²) in [5, 5.41) is 3.43. The lowest BCUT2D eigenvalue weighted by Gasteiger charge is -2.06. The van der Waals surface area contributed by atoms with Crippen LogP contribution in [0.1, 0.15) is 18.9 Å². The van der Waals surface area contributed by atoms with Gasteiger partial charge in [-0.2, -0.15) is 0 Å². The first-order valence-electron chi connectivity index (χ1n) is 7.22. The summed E-state index contributed by atoms with van der Waals surface area (Å²) >= 11 is 0. The fourth-order valence-electron chi connectivity index (χ4n) is 2.31. The van der Waals surface area contributed by atoms with Gasteiger partial charge in [-0.15, -0.1) is 0 Å². The standard InChI is InChI=1S/C17H19N3O/c1-2-8-20-9-7-14(12-20)10-19-16-5-3-15(4-6-16)17-11-18-13-21-17/h3-7,9,11-13,19H,2,8,10H2,1H3. The summed E-state index contributed by atoms with van der Waals surface area (Å²) in [6, 6.07) is 10.3. The summed E-state index contributed by atoms with van der Waals surface area (Å²) in [4.78, 5) is 3.93. The van der Waals surface area contributed by atoms with Crippen LogP contribution in [0.15, 0.2) is 59.7 Å². The summed E-state index contributed by atoms with van der Waals surface area (Å²) in [6.07, 6.45) is 8.65. The van der Waals surface area contributed by atoms with Crippen LogP contribution in [0.4, 0.5) is 5.69 Å². The number of aromatic nitrogens is 2. The van der Waals surface area contributed by atoms with Crippen LogP contribution >= 0.6 is 0 Å². The van der Waals surface area contributed by atoms with Crippen LogP contribution in [0.25, 0.3) is 11.3 Å². The molecule has 2 aromatic heterocycles. The fourth-order valence-corrected chi connectivity index (χ4v) is 2.31. The Morgan fingerprint density at radius 2 is 2.05 bits per heavy atom. The predicted octanol–water partition coefficient (Wildman–Crippen LogP) is 4.17. The minimum atomic E-state index is 0.790. The topological polar surface area (TPSA) is 43.0 Å². The molecular weight excluding hydrogens is 262 g/mol. The van der Waals surface area contributed by atoms with Crippen molar-refractivity contribution in [3.05, 3.63) is 60.9 Å². The monoisotopic (exact) mass is 281 g/mol. The lowest BCUT2D eigenvalue weighted by molar-refractivity contribution is 0.572. The summed E-state index contributed by atoms with van der Waals surface area (Å²) in [5.41, 5.74) is 3.43. The summed E-state index contributed by atoms with van der Waals surface area (Å²) in [6.45, 7) is 4.10. The van der Waals surface area contributed by atoms with E-state index in [1.165, 1.54) is 12.0 Å². The van der Waals surface area contributed by atoms with Gasteiger partial charge in [-0.3, -0.25) is 0 Å². The fraction of sp³-hybridized carbons (Fsp3) is 0.235. The minimum Gasteiger partial charge on any atom is -0.444 e. The third kappa shape index (κ3) is 3.34. The highest BCUT2D eigenvalue weighted by molar-refractivity contribution is 5.60. The average Bonchev–Trinajstić information content (AvgIpc) is 3.18. The second kappa shape index (κ2) is 6.31. The van der Waals surface area contributed by atoms with Gasteiger partial charge in [-0.25, -0.2) is 4.98 Å². The molecule has 3 aromatic rings. The molecule has 3 rings (SSSR count). The number of oxazole rings is 1. The molecule has 0 bridgehead atoms. The van der Waals surface area contributed by atoms with E-state index in [2.05, 4.69) is 52.4 Å². The molecule has 2 heterocycles. The van der Waals surface area contributed by atoms with Crippen molar-refractivity contribution in [3.8, 4) is 11.3 Å². The SMILES string of the molecule is CCCn1ccc(CNc2ccc(-c3cnco3)cc2)c1. The van der Waals surface area contributed by atoms with Crippen molar-refractivity contribution in [2.24, 2.45) is 0 Å². The van der Waals surface area contributed by atoms with E-state index in [-0.39, 0.29) is 0 Å². The van der Waals surface area contributed by atoms with Crippen molar-refractivity contribution in [1.82, 2.24) is 9.55 Å². The van der Waals surface area contributed by atoms with Crippen LogP contribution in [0.5, 0.6) is 0 Å². The Labute approximate surface area is 124 Å². The largest absolute Gasteiger partial charge is 0.444 e. The zero-order valence-corrected chi connectivity index (χ0v) is 12.1. The highest BCUT2D eigenvalue weighted by Crippen LogP contribution is 2.21. The van der Waals surface area contributed by atoms with Crippen LogP contribution in [-0.4, -0.2) is 9.55 Å². The van der Waals surface area contributed by atoms with Gasteiger partial charge in [-0.1, -0.05) is 6.92 Å². The van der Waals surface area contributed by atoms with Crippen molar-refractivity contribution >= 4 is 5.69 Å². The Hall–Kier alpha value is -2.49. The predicted molar refractivity (Wildman–Crippen MR) is 84.0 cm³/mol. The molecule has 0 aliphatic heterocycles. The van der Waals surface area contributed by atoms with Crippen LogP contribution in [0, 0.1) is 0 Å². The number of anilines is 1. The van der Waals surface area contributed by atoms with E-state index >= 15 is 0 Å². The second-order valence-corrected chi connectivity index (χ2v) is 5.05. The van der Waals surface area contributed by atoms with Crippen molar-refractivity contribution < 1.29 is 4.42 Å². The number of nitrogens with one attached hydrogen (secondary N) is 1. The van der Waals surface area contributed by atoms with Gasteiger partial charge in [0.2, 0.25) is 0 Å². The molecule has 0 saturated heterocycles. The zero-order chi connectivity index (χ0) is 14.5. The van der Waals surface area contributed by atoms with Crippen molar-refractivity contribution in [3.63, 3.8) is 0 Å². The maximum absolute atomic E-state index is 5.28. The molecule has 0 saturated carbocycles. The third-order valence-electron chi connectivity index (χ3n) is 3.39. The van der Waals surface area contributed by atoms with Crippen LogP contribution in [-0.2, 0) is 13.1 Å². The summed E-state index contributed by atoms with van der Waals surface area (Å²) in [5.74, 6) is 0.790. The van der Waals surface area contributed by atoms with Gasteiger partial charge in [0.05, 0.1) is 6.20 Å². The first-order valence-corrected chi connectivity index (χ1v) is 7.22. The Balaban J connectivity index is 1.60. The molecular formula is C17H19N3O. The van der Waals surface area contributed by atoms with Gasteiger partial charge in [0.25, 0.3) is 0 Å². The minimum absolute atomic E-state index is 0.790. The normalized spacial score (nSPS) is 10.7. The first kappa shape index (κ1) is 13.5. The van der Waals surface area contributed by atoms with Gasteiger partial charge < -0.3 is 14.3 Å². The van der Waals surface area contributed by atoms with Crippen LogP contribution < -0.4 is 5.32 Å². The quantitative estimate of drug-likeness (QED) is 0.737. The lowest BCUT2D eigenvalue weighted by atomic mass is 10.1. The van der Waals surface area contributed by atoms with E-state index in [0.717, 1.165) is 36.5 Å². The molecule has 0 spiro atoms. The molecule has 0 unspecified atom stereocenters. The number of hydrogen-bond donors (Lipinski definition) is 1. The maximum atomic E-state index is 5.28. The highest BCUT2D eigenvalue weighted by atomic mass is 16.3. The number of aryl methyl sites for hydroxylation is 1. The van der Waals surface area contributed by atoms with E-state index in [4.69, 9.17) is 4.42 Å². The van der Waals surface area contributed by atoms with E-state index in [9.17, 15) is 0 Å². The van der Waals surface area contributed by atoms with E-state index in [1.54, 1.807) is 6.20 Å². The summed E-state index contributed by atoms with van der Waals surface area (Å²) < 4.78 is 7.51. The van der Waals surface area contributed by atoms with Gasteiger partial charge in [0.15, 0.2) is 12.2 Å². The lowest BCUT2D eigenvalue weighted by Crippen LogP contribution is -1.98. The van der Waals surface area contributed by atoms with Crippen molar-refractivity contribution in [2.75, 3.05) is 5.32 Å². The van der Waals surface area contributed by atoms with Crippen LogP contribution in [0.2, 0.25) is 0 Å². The molecule has 108 valence electrons. The van der Waals surface area contributed by atoms with E-state index < -0.39 is 0 Å². The molecule has 4 heteroatoms. The van der Waals surface area contributed by atoms with E-state index in [0.29, 0.717) is 0 Å². The molecule has 1 aromatic carbocycles. The molecule has 4 nitrogen and oxygen atoms in total. The Kier molecular flexibility index (Phi) is 4.05. The van der Waals surface area contributed by atoms with Gasteiger partial charge in [-0.05, 0) is 42.3 Å². The highest BCUT2D eigenvalue weighted by Gasteiger charge is 2.01. The maximum Gasteiger partial charge on any atom is 0.181 e. The number of hydrogen-bond acceptors (Lipinski definition) is 3. The Morgan fingerprint density at radius 3 is 2.76 bits per heavy atom. The molecule has 0 aliphatic rings. The molecule has 0 atom stereocenters. The second-order valence-electron chi connectivity index (χ2n) is 5.05.